The molecule has 0 heterocycles. The van der Waals surface area contributed by atoms with Gasteiger partial charge in [-0.05, 0) is 18.6 Å². The third-order valence-corrected chi connectivity index (χ3v) is 2.01. The number of aryl methyl sites for hydroxylation is 1. The molecule has 1 aromatic rings. The predicted molar refractivity (Wildman–Crippen MR) is 55.6 cm³/mol. The first kappa shape index (κ1) is 13.8. The van der Waals surface area contributed by atoms with Crippen LogP contribution in [0.15, 0.2) is 18.2 Å². The number of alkyl halides is 3. The Hall–Kier alpha value is -1.30. The van der Waals surface area contributed by atoms with E-state index in [-0.39, 0.29) is 13.2 Å². The number of hydrogen-bond donors (Lipinski definition) is 1. The van der Waals surface area contributed by atoms with E-state index in [1.54, 1.807) is 13.0 Å². The van der Waals surface area contributed by atoms with Gasteiger partial charge < -0.3 is 10.1 Å². The SMILES string of the molecule is Cc1ccc(F)cc1OCCNCC(F)(F)F. The van der Waals surface area contributed by atoms with Crippen LogP contribution >= 0.6 is 0 Å². The Balaban J connectivity index is 2.29. The molecule has 2 nitrogen and oxygen atoms in total. The second kappa shape index (κ2) is 5.86. The summed E-state index contributed by atoms with van der Waals surface area (Å²) in [4.78, 5) is 0. The lowest BCUT2D eigenvalue weighted by molar-refractivity contribution is -0.124. The Morgan fingerprint density at radius 1 is 1.29 bits per heavy atom. The Kier molecular flexibility index (Phi) is 4.74. The van der Waals surface area contributed by atoms with Crippen LogP contribution in [0.5, 0.6) is 5.75 Å². The molecule has 1 aromatic carbocycles. The fourth-order valence-corrected chi connectivity index (χ4v) is 1.19. The molecule has 0 spiro atoms. The van der Waals surface area contributed by atoms with E-state index in [2.05, 4.69) is 5.32 Å². The molecule has 0 aromatic heterocycles. The largest absolute Gasteiger partial charge is 0.492 e. The van der Waals surface area contributed by atoms with Gasteiger partial charge in [-0.15, -0.1) is 0 Å². The van der Waals surface area contributed by atoms with Gasteiger partial charge in [0, 0.05) is 12.6 Å². The van der Waals surface area contributed by atoms with Crippen LogP contribution in [0.25, 0.3) is 0 Å². The highest BCUT2D eigenvalue weighted by Gasteiger charge is 2.25. The maximum Gasteiger partial charge on any atom is 0.401 e. The zero-order valence-electron chi connectivity index (χ0n) is 9.27. The summed E-state index contributed by atoms with van der Waals surface area (Å²) in [5, 5.41) is 2.19. The maximum atomic E-state index is 12.8. The van der Waals surface area contributed by atoms with Gasteiger partial charge in [0.05, 0.1) is 6.54 Å². The standard InChI is InChI=1S/C11H13F4NO/c1-8-2-3-9(12)6-10(8)17-5-4-16-7-11(13,14)15/h2-3,6,16H,4-5,7H2,1H3. The summed E-state index contributed by atoms with van der Waals surface area (Å²) < 4.78 is 53.3. The third-order valence-electron chi connectivity index (χ3n) is 2.01. The van der Waals surface area contributed by atoms with Gasteiger partial charge in [-0.2, -0.15) is 13.2 Å². The lowest BCUT2D eigenvalue weighted by Crippen LogP contribution is -2.31. The van der Waals surface area contributed by atoms with Gasteiger partial charge in [0.25, 0.3) is 0 Å². The van der Waals surface area contributed by atoms with Gasteiger partial charge in [0.2, 0.25) is 0 Å². The van der Waals surface area contributed by atoms with Crippen LogP contribution in [-0.4, -0.2) is 25.9 Å². The average Bonchev–Trinajstić information content (AvgIpc) is 2.21. The highest BCUT2D eigenvalue weighted by atomic mass is 19.4. The van der Waals surface area contributed by atoms with Crippen LogP contribution in [0.4, 0.5) is 17.6 Å². The minimum absolute atomic E-state index is 0.0511. The van der Waals surface area contributed by atoms with Crippen molar-refractivity contribution in [2.24, 2.45) is 0 Å². The molecule has 0 saturated heterocycles. The van der Waals surface area contributed by atoms with Gasteiger partial charge in [0.1, 0.15) is 18.2 Å². The van der Waals surface area contributed by atoms with Crippen molar-refractivity contribution in [3.05, 3.63) is 29.6 Å². The fraction of sp³-hybridized carbons (Fsp3) is 0.455. The molecular weight excluding hydrogens is 238 g/mol. The smallest absolute Gasteiger partial charge is 0.401 e. The van der Waals surface area contributed by atoms with E-state index in [1.807, 2.05) is 0 Å². The van der Waals surface area contributed by atoms with E-state index in [0.29, 0.717) is 5.75 Å². The quantitative estimate of drug-likeness (QED) is 0.641. The Bertz CT molecular complexity index is 365. The van der Waals surface area contributed by atoms with Crippen LogP contribution in [-0.2, 0) is 0 Å². The molecule has 0 amide bonds. The highest BCUT2D eigenvalue weighted by molar-refractivity contribution is 5.32. The summed E-state index contributed by atoms with van der Waals surface area (Å²) >= 11 is 0. The van der Waals surface area contributed by atoms with Crippen LogP contribution in [0, 0.1) is 12.7 Å². The summed E-state index contributed by atoms with van der Waals surface area (Å²) in [7, 11) is 0. The Morgan fingerprint density at radius 3 is 2.65 bits per heavy atom. The van der Waals surface area contributed by atoms with Crippen molar-refractivity contribution in [3.63, 3.8) is 0 Å². The van der Waals surface area contributed by atoms with Crippen molar-refractivity contribution < 1.29 is 22.3 Å². The molecule has 6 heteroatoms. The minimum Gasteiger partial charge on any atom is -0.492 e. The van der Waals surface area contributed by atoms with Crippen molar-refractivity contribution >= 4 is 0 Å². The van der Waals surface area contributed by atoms with Gasteiger partial charge in [0.15, 0.2) is 0 Å². The number of ether oxygens (including phenoxy) is 1. The molecule has 1 rings (SSSR count). The van der Waals surface area contributed by atoms with Crippen LogP contribution in [0.3, 0.4) is 0 Å². The number of hydrogen-bond acceptors (Lipinski definition) is 2. The van der Waals surface area contributed by atoms with Crippen molar-refractivity contribution in [3.8, 4) is 5.75 Å². The second-order valence-corrected chi connectivity index (χ2v) is 3.55. The molecule has 0 unspecified atom stereocenters. The summed E-state index contributed by atoms with van der Waals surface area (Å²) in [6.45, 7) is 0.784. The Labute approximate surface area is 96.6 Å². The predicted octanol–water partition coefficient (Wildman–Crippen LogP) is 2.66. The lowest BCUT2D eigenvalue weighted by Gasteiger charge is -2.11. The van der Waals surface area contributed by atoms with Gasteiger partial charge in [-0.1, -0.05) is 6.07 Å². The summed E-state index contributed by atoms with van der Waals surface area (Å²) in [5.74, 6) is -0.0901. The molecule has 0 aliphatic heterocycles. The van der Waals surface area contributed by atoms with Crippen molar-refractivity contribution in [2.45, 2.75) is 13.1 Å². The van der Waals surface area contributed by atoms with E-state index in [1.165, 1.54) is 12.1 Å². The first-order valence-electron chi connectivity index (χ1n) is 5.05. The second-order valence-electron chi connectivity index (χ2n) is 3.55. The lowest BCUT2D eigenvalue weighted by atomic mass is 10.2. The first-order chi connectivity index (χ1) is 7.88. The molecule has 0 saturated carbocycles. The van der Waals surface area contributed by atoms with E-state index in [4.69, 9.17) is 4.74 Å². The topological polar surface area (TPSA) is 21.3 Å². The minimum atomic E-state index is -4.23. The molecule has 1 N–H and O–H groups in total. The molecule has 0 radical (unpaired) electrons. The van der Waals surface area contributed by atoms with Gasteiger partial charge in [-0.25, -0.2) is 4.39 Å². The maximum absolute atomic E-state index is 12.8. The van der Waals surface area contributed by atoms with Crippen LogP contribution in [0.1, 0.15) is 5.56 Å². The molecule has 0 aliphatic carbocycles. The summed E-state index contributed by atoms with van der Waals surface area (Å²) in [5.41, 5.74) is 0.738. The third kappa shape index (κ3) is 5.53. The molecular formula is C11H13F4NO. The molecule has 0 fully saturated rings. The van der Waals surface area contributed by atoms with Crippen molar-refractivity contribution in [1.82, 2.24) is 5.32 Å². The zero-order chi connectivity index (χ0) is 12.9. The monoisotopic (exact) mass is 251 g/mol. The number of rotatable bonds is 5. The van der Waals surface area contributed by atoms with Gasteiger partial charge >= 0.3 is 6.18 Å². The number of benzene rings is 1. The van der Waals surface area contributed by atoms with E-state index >= 15 is 0 Å². The molecule has 17 heavy (non-hydrogen) atoms. The highest BCUT2D eigenvalue weighted by Crippen LogP contribution is 2.18. The Morgan fingerprint density at radius 2 is 2.00 bits per heavy atom. The van der Waals surface area contributed by atoms with E-state index in [9.17, 15) is 17.6 Å². The van der Waals surface area contributed by atoms with Crippen molar-refractivity contribution in [1.29, 1.82) is 0 Å². The number of nitrogens with one attached hydrogen (secondary N) is 1. The van der Waals surface area contributed by atoms with Crippen LogP contribution in [0.2, 0.25) is 0 Å². The van der Waals surface area contributed by atoms with Crippen molar-refractivity contribution in [2.75, 3.05) is 19.7 Å². The van der Waals surface area contributed by atoms with E-state index in [0.717, 1.165) is 5.56 Å². The molecule has 0 bridgehead atoms. The average molecular weight is 251 g/mol. The summed E-state index contributed by atoms with van der Waals surface area (Å²) in [6, 6.07) is 4.05. The fourth-order valence-electron chi connectivity index (χ4n) is 1.19. The van der Waals surface area contributed by atoms with E-state index < -0.39 is 18.5 Å². The molecule has 96 valence electrons. The molecule has 0 atom stereocenters. The van der Waals surface area contributed by atoms with Crippen LogP contribution < -0.4 is 10.1 Å². The normalized spacial score (nSPS) is 11.6. The van der Waals surface area contributed by atoms with Gasteiger partial charge in [-0.3, -0.25) is 0 Å². The zero-order valence-corrected chi connectivity index (χ0v) is 9.27. The number of halogens is 4. The molecule has 0 aliphatic rings. The summed E-state index contributed by atoms with van der Waals surface area (Å²) in [6.07, 6.45) is -4.23. The first-order valence-corrected chi connectivity index (χ1v) is 5.05.